The quantitative estimate of drug-likeness (QED) is 0.150. The van der Waals surface area contributed by atoms with Crippen molar-refractivity contribution in [1.82, 2.24) is 10.6 Å². The fraction of sp³-hybridized carbons (Fsp3) is 0.500. The van der Waals surface area contributed by atoms with Gasteiger partial charge in [0.25, 0.3) is 0 Å². The molecule has 0 aromatic heterocycles. The lowest BCUT2D eigenvalue weighted by Crippen LogP contribution is -2.35. The van der Waals surface area contributed by atoms with Gasteiger partial charge in [0.1, 0.15) is 6.61 Å². The number of hydrogen-bond donors (Lipinski definition) is 7. The normalized spacial score (nSPS) is 20.9. The molecule has 0 unspecified atom stereocenters. The number of dihydropyridines is 1. The number of hydrogen-bond acceptors (Lipinski definition) is 11. The third-order valence-corrected chi connectivity index (χ3v) is 7.76. The van der Waals surface area contributed by atoms with Crippen molar-refractivity contribution in [2.45, 2.75) is 69.8 Å². The number of nitrogens with one attached hydrogen (secondary N) is 2. The number of aliphatic hydroxyl groups is 2. The Morgan fingerprint density at radius 2 is 1.91 bits per heavy atom. The summed E-state index contributed by atoms with van der Waals surface area (Å²) >= 11 is 0. The van der Waals surface area contributed by atoms with Gasteiger partial charge in [0.05, 0.1) is 31.2 Å². The number of aliphatic hydroxyl groups excluding tert-OH is 2. The maximum Gasteiger partial charge on any atom is 0.200 e. The second-order valence-corrected chi connectivity index (χ2v) is 10.9. The number of phenols is 2. The number of aryl methyl sites for hydroxylation is 1. The monoisotopic (exact) mass is 599 g/mol. The first kappa shape index (κ1) is 32.3. The van der Waals surface area contributed by atoms with E-state index >= 15 is 0 Å². The first-order valence-corrected chi connectivity index (χ1v) is 14.9. The van der Waals surface area contributed by atoms with Gasteiger partial charge in [-0.3, -0.25) is 0 Å². The van der Waals surface area contributed by atoms with E-state index in [4.69, 9.17) is 29.8 Å². The van der Waals surface area contributed by atoms with E-state index in [0.29, 0.717) is 43.9 Å². The topological polar surface area (TPSA) is 168 Å². The zero-order chi connectivity index (χ0) is 30.8. The number of likely N-dealkylation sites (N-methyl/N-ethyl adjacent to an activating group) is 1. The van der Waals surface area contributed by atoms with Gasteiger partial charge in [0.2, 0.25) is 5.75 Å². The molecular weight excluding hydrogens is 554 g/mol. The summed E-state index contributed by atoms with van der Waals surface area (Å²) in [6.45, 7) is 3.34. The Morgan fingerprint density at radius 3 is 2.65 bits per heavy atom. The average molecular weight is 600 g/mol. The SMILES string of the molecule is CCN[C@H](CCC1=CCNC(N)=C1)COc1cc([C@@H]2C[C@@H](O)C[C@H](CCc3ccc(O)c(OCO)c3)O2)cc(OC)c1O. The smallest absolute Gasteiger partial charge is 0.200 e. The predicted octanol–water partition coefficient (Wildman–Crippen LogP) is 3.12. The van der Waals surface area contributed by atoms with Crippen LogP contribution >= 0.6 is 0 Å². The van der Waals surface area contributed by atoms with E-state index in [9.17, 15) is 15.3 Å². The molecule has 0 amide bonds. The summed E-state index contributed by atoms with van der Waals surface area (Å²) in [5.41, 5.74) is 8.75. The lowest BCUT2D eigenvalue weighted by molar-refractivity contribution is -0.0999. The lowest BCUT2D eigenvalue weighted by Gasteiger charge is -2.34. The summed E-state index contributed by atoms with van der Waals surface area (Å²) in [5, 5.41) is 47.1. The molecule has 2 aliphatic heterocycles. The second kappa shape index (κ2) is 15.7. The van der Waals surface area contributed by atoms with E-state index in [1.165, 1.54) is 18.7 Å². The van der Waals surface area contributed by atoms with Crippen molar-refractivity contribution >= 4 is 0 Å². The Hall–Kier alpha value is -3.64. The largest absolute Gasteiger partial charge is 0.504 e. The van der Waals surface area contributed by atoms with E-state index in [1.807, 2.05) is 13.0 Å². The highest BCUT2D eigenvalue weighted by molar-refractivity contribution is 5.53. The van der Waals surface area contributed by atoms with Gasteiger partial charge in [-0.25, -0.2) is 0 Å². The minimum atomic E-state index is -0.563. The highest BCUT2D eigenvalue weighted by atomic mass is 16.6. The van der Waals surface area contributed by atoms with Crippen LogP contribution < -0.4 is 30.6 Å². The van der Waals surface area contributed by atoms with Crippen LogP contribution in [0.25, 0.3) is 0 Å². The zero-order valence-electron chi connectivity index (χ0n) is 24.9. The maximum absolute atomic E-state index is 10.9. The molecule has 236 valence electrons. The van der Waals surface area contributed by atoms with Crippen molar-refractivity contribution in [2.24, 2.45) is 5.73 Å². The first-order valence-electron chi connectivity index (χ1n) is 14.9. The molecule has 0 aliphatic carbocycles. The van der Waals surface area contributed by atoms with E-state index < -0.39 is 19.0 Å². The van der Waals surface area contributed by atoms with Gasteiger partial charge >= 0.3 is 0 Å². The molecule has 0 radical (unpaired) electrons. The molecule has 1 fully saturated rings. The van der Waals surface area contributed by atoms with Gasteiger partial charge in [-0.2, -0.15) is 0 Å². The molecule has 2 aromatic carbocycles. The van der Waals surface area contributed by atoms with Gasteiger partial charge < -0.3 is 55.7 Å². The number of methoxy groups -OCH3 is 1. The molecule has 1 saturated heterocycles. The molecule has 2 heterocycles. The fourth-order valence-electron chi connectivity index (χ4n) is 5.52. The Balaban J connectivity index is 1.42. The number of ether oxygens (including phenoxy) is 4. The van der Waals surface area contributed by atoms with Crippen LogP contribution in [0.15, 0.2) is 53.9 Å². The van der Waals surface area contributed by atoms with Crippen molar-refractivity contribution < 1.29 is 39.4 Å². The Labute approximate surface area is 252 Å². The molecule has 4 atom stereocenters. The molecule has 4 rings (SSSR count). The highest BCUT2D eigenvalue weighted by Gasteiger charge is 2.31. The number of aromatic hydroxyl groups is 2. The number of benzene rings is 2. The van der Waals surface area contributed by atoms with Gasteiger partial charge in [-0.15, -0.1) is 0 Å². The summed E-state index contributed by atoms with van der Waals surface area (Å²) < 4.78 is 23.1. The Bertz CT molecular complexity index is 1270. The standard InChI is InChI=1S/C32H45N3O8/c1-3-34-23(7-4-21-10-11-35-31(33)13-21)18-41-30-15-22(14-29(40-2)32(30)39)27-17-24(37)16-25(43-27)8-5-20-6-9-26(38)28(12-20)42-19-36/h6,9-10,12-15,23-25,27,34-39H,3-5,7-8,11,16-19,33H2,1-2H3/t23-,24+,25+,27+/m1/s1. The van der Waals surface area contributed by atoms with E-state index in [0.717, 1.165) is 37.1 Å². The summed E-state index contributed by atoms with van der Waals surface area (Å²) in [6.07, 6.45) is 6.69. The Morgan fingerprint density at radius 1 is 1.09 bits per heavy atom. The second-order valence-electron chi connectivity index (χ2n) is 10.9. The van der Waals surface area contributed by atoms with Crippen molar-refractivity contribution in [2.75, 3.05) is 33.6 Å². The van der Waals surface area contributed by atoms with Gasteiger partial charge in [0.15, 0.2) is 29.8 Å². The minimum Gasteiger partial charge on any atom is -0.504 e. The van der Waals surface area contributed by atoms with Gasteiger partial charge in [-0.05, 0) is 85.7 Å². The van der Waals surface area contributed by atoms with Crippen LogP contribution in [0.5, 0.6) is 28.7 Å². The average Bonchev–Trinajstić information content (AvgIpc) is 2.99. The fourth-order valence-corrected chi connectivity index (χ4v) is 5.52. The van der Waals surface area contributed by atoms with Gasteiger partial charge in [-0.1, -0.05) is 19.1 Å². The van der Waals surface area contributed by atoms with Gasteiger partial charge in [0, 0.05) is 19.0 Å². The summed E-state index contributed by atoms with van der Waals surface area (Å²) in [7, 11) is 1.49. The molecule has 0 spiro atoms. The molecular formula is C32H45N3O8. The first-order chi connectivity index (χ1) is 20.8. The van der Waals surface area contributed by atoms with E-state index in [1.54, 1.807) is 24.3 Å². The third kappa shape index (κ3) is 9.17. The minimum absolute atomic E-state index is 0.0418. The molecule has 2 aromatic rings. The van der Waals surface area contributed by atoms with Crippen LogP contribution in [0.4, 0.5) is 0 Å². The van der Waals surface area contributed by atoms with Crippen LogP contribution in [0.1, 0.15) is 56.3 Å². The maximum atomic E-state index is 10.9. The molecule has 11 nitrogen and oxygen atoms in total. The van der Waals surface area contributed by atoms with Crippen LogP contribution in [-0.4, -0.2) is 72.3 Å². The van der Waals surface area contributed by atoms with Crippen LogP contribution in [0.3, 0.4) is 0 Å². The zero-order valence-corrected chi connectivity index (χ0v) is 24.9. The van der Waals surface area contributed by atoms with Crippen molar-refractivity contribution in [3.05, 3.63) is 65.0 Å². The number of nitrogens with two attached hydrogens (primary N) is 1. The molecule has 8 N–H and O–H groups in total. The van der Waals surface area contributed by atoms with Crippen LogP contribution in [0.2, 0.25) is 0 Å². The van der Waals surface area contributed by atoms with Crippen molar-refractivity contribution in [3.8, 4) is 28.7 Å². The molecule has 2 aliphatic rings. The van der Waals surface area contributed by atoms with Crippen molar-refractivity contribution in [1.29, 1.82) is 0 Å². The molecule has 0 bridgehead atoms. The highest BCUT2D eigenvalue weighted by Crippen LogP contribution is 2.42. The van der Waals surface area contributed by atoms with E-state index in [2.05, 4.69) is 16.7 Å². The molecule has 11 heteroatoms. The molecule has 43 heavy (non-hydrogen) atoms. The third-order valence-electron chi connectivity index (χ3n) is 7.76. The number of rotatable bonds is 15. The number of phenolic OH excluding ortho intramolecular Hbond substituents is 2. The molecule has 0 saturated carbocycles. The van der Waals surface area contributed by atoms with E-state index in [-0.39, 0.29) is 35.1 Å². The Kier molecular flexibility index (Phi) is 11.8. The number of allylic oxidation sites excluding steroid dienone is 2. The summed E-state index contributed by atoms with van der Waals surface area (Å²) in [6, 6.07) is 8.54. The summed E-state index contributed by atoms with van der Waals surface area (Å²) in [4.78, 5) is 0. The van der Waals surface area contributed by atoms with Crippen LogP contribution in [-0.2, 0) is 11.2 Å². The lowest BCUT2D eigenvalue weighted by atomic mass is 9.93. The summed E-state index contributed by atoms with van der Waals surface area (Å²) in [5.74, 6) is 1.32. The van der Waals surface area contributed by atoms with Crippen LogP contribution in [0, 0.1) is 0 Å². The predicted molar refractivity (Wildman–Crippen MR) is 162 cm³/mol. The van der Waals surface area contributed by atoms with Crippen molar-refractivity contribution in [3.63, 3.8) is 0 Å².